The van der Waals surface area contributed by atoms with Crippen LogP contribution in [-0.4, -0.2) is 34.0 Å². The third kappa shape index (κ3) is 4.03. The van der Waals surface area contributed by atoms with Gasteiger partial charge in [0.2, 0.25) is 0 Å². The Labute approximate surface area is 125 Å². The normalized spacial score (nSPS) is 20.3. The van der Waals surface area contributed by atoms with E-state index in [2.05, 4.69) is 22.2 Å². The predicted octanol–water partition coefficient (Wildman–Crippen LogP) is 3.01. The number of aryl methyl sites for hydroxylation is 1. The van der Waals surface area contributed by atoms with Crippen LogP contribution in [0.25, 0.3) is 0 Å². The van der Waals surface area contributed by atoms with E-state index in [0.717, 1.165) is 43.1 Å². The summed E-state index contributed by atoms with van der Waals surface area (Å²) in [6, 6.07) is -0.110. The van der Waals surface area contributed by atoms with Crippen LogP contribution in [0.15, 0.2) is 5.38 Å². The maximum atomic E-state index is 12.2. The quantitative estimate of drug-likeness (QED) is 0.801. The number of likely N-dealkylation sites (tertiary alicyclic amines) is 1. The van der Waals surface area contributed by atoms with Crippen molar-refractivity contribution in [2.24, 2.45) is 0 Å². The fraction of sp³-hybridized carbons (Fsp3) is 0.733. The van der Waals surface area contributed by atoms with E-state index in [0.29, 0.717) is 0 Å². The highest BCUT2D eigenvalue weighted by Crippen LogP contribution is 2.23. The van der Waals surface area contributed by atoms with Gasteiger partial charge in [-0.15, -0.1) is 11.3 Å². The minimum atomic E-state index is -0.415. The molecule has 0 aliphatic carbocycles. The number of esters is 1. The van der Waals surface area contributed by atoms with E-state index in [9.17, 15) is 4.79 Å². The number of ether oxygens (including phenoxy) is 1. The Kier molecular flexibility index (Phi) is 4.81. The van der Waals surface area contributed by atoms with Gasteiger partial charge in [-0.2, -0.15) is 0 Å². The van der Waals surface area contributed by atoms with E-state index >= 15 is 0 Å². The molecule has 0 spiro atoms. The molecule has 1 aliphatic heterocycles. The monoisotopic (exact) mass is 296 g/mol. The van der Waals surface area contributed by atoms with Crippen molar-refractivity contribution in [2.45, 2.75) is 65.1 Å². The summed E-state index contributed by atoms with van der Waals surface area (Å²) < 4.78 is 5.52. The molecule has 1 aliphatic rings. The molecular formula is C15H24N2O2S. The molecule has 1 aromatic heterocycles. The average Bonchev–Trinajstić information content (AvgIpc) is 2.96. The van der Waals surface area contributed by atoms with Gasteiger partial charge in [0.05, 0.1) is 10.7 Å². The Morgan fingerprint density at radius 1 is 1.55 bits per heavy atom. The average molecular weight is 296 g/mol. The Morgan fingerprint density at radius 3 is 2.90 bits per heavy atom. The number of carbonyl (C=O) groups is 1. The lowest BCUT2D eigenvalue weighted by atomic mass is 10.1. The van der Waals surface area contributed by atoms with Crippen LogP contribution in [0.5, 0.6) is 0 Å². The van der Waals surface area contributed by atoms with Crippen molar-refractivity contribution in [1.29, 1.82) is 0 Å². The second-order valence-corrected chi connectivity index (χ2v) is 7.19. The fourth-order valence-electron chi connectivity index (χ4n) is 2.44. The number of nitrogens with zero attached hydrogens (tertiary/aromatic N) is 2. The van der Waals surface area contributed by atoms with Crippen LogP contribution in [0, 0.1) is 0 Å². The summed E-state index contributed by atoms with van der Waals surface area (Å²) in [7, 11) is 0. The van der Waals surface area contributed by atoms with Crippen molar-refractivity contribution in [3.63, 3.8) is 0 Å². The molecular weight excluding hydrogens is 272 g/mol. The van der Waals surface area contributed by atoms with E-state index in [1.807, 2.05) is 20.8 Å². The molecule has 5 heteroatoms. The molecule has 0 aromatic carbocycles. The van der Waals surface area contributed by atoms with E-state index in [1.54, 1.807) is 11.3 Å². The second-order valence-electron chi connectivity index (χ2n) is 6.25. The summed E-state index contributed by atoms with van der Waals surface area (Å²) in [5.74, 6) is -0.0963. The molecule has 2 rings (SSSR count). The van der Waals surface area contributed by atoms with E-state index in [1.165, 1.54) is 0 Å². The number of hydrogen-bond acceptors (Lipinski definition) is 5. The van der Waals surface area contributed by atoms with Gasteiger partial charge in [0.15, 0.2) is 0 Å². The summed E-state index contributed by atoms with van der Waals surface area (Å²) in [6.45, 7) is 9.56. The maximum absolute atomic E-state index is 12.2. The molecule has 1 fully saturated rings. The SMILES string of the molecule is CCc1nc(CN2CCC[C@H]2C(=O)OC(C)(C)C)cs1. The molecule has 1 atom stereocenters. The summed E-state index contributed by atoms with van der Waals surface area (Å²) in [5, 5.41) is 3.26. The standard InChI is InChI=1S/C15H24N2O2S/c1-5-13-16-11(10-20-13)9-17-8-6-7-12(17)14(18)19-15(2,3)4/h10,12H,5-9H2,1-4H3/t12-/m0/s1. The van der Waals surface area contributed by atoms with Crippen molar-refractivity contribution in [2.75, 3.05) is 6.54 Å². The highest BCUT2D eigenvalue weighted by Gasteiger charge is 2.34. The molecule has 20 heavy (non-hydrogen) atoms. The number of aromatic nitrogens is 1. The third-order valence-corrected chi connectivity index (χ3v) is 4.35. The minimum absolute atomic E-state index is 0.0963. The van der Waals surface area contributed by atoms with Crippen LogP contribution in [0.3, 0.4) is 0 Å². The third-order valence-electron chi connectivity index (χ3n) is 3.31. The van der Waals surface area contributed by atoms with Crippen molar-refractivity contribution >= 4 is 17.3 Å². The molecule has 2 heterocycles. The number of thiazole rings is 1. The van der Waals surface area contributed by atoms with Gasteiger partial charge in [-0.05, 0) is 46.6 Å². The number of hydrogen-bond donors (Lipinski definition) is 0. The second kappa shape index (κ2) is 6.22. The lowest BCUT2D eigenvalue weighted by Gasteiger charge is -2.26. The molecule has 0 bridgehead atoms. The molecule has 0 amide bonds. The minimum Gasteiger partial charge on any atom is -0.459 e. The molecule has 0 radical (unpaired) electrons. The highest BCUT2D eigenvalue weighted by atomic mass is 32.1. The van der Waals surface area contributed by atoms with Gasteiger partial charge < -0.3 is 4.74 Å². The first-order valence-corrected chi connectivity index (χ1v) is 8.17. The molecule has 1 aromatic rings. The van der Waals surface area contributed by atoms with Crippen molar-refractivity contribution in [3.8, 4) is 0 Å². The lowest BCUT2D eigenvalue weighted by molar-refractivity contribution is -0.160. The summed E-state index contributed by atoms with van der Waals surface area (Å²) >= 11 is 1.70. The van der Waals surface area contributed by atoms with Gasteiger partial charge in [-0.25, -0.2) is 4.98 Å². The van der Waals surface area contributed by atoms with Gasteiger partial charge in [-0.1, -0.05) is 6.92 Å². The fourth-order valence-corrected chi connectivity index (χ4v) is 3.18. The van der Waals surface area contributed by atoms with Gasteiger partial charge in [0.1, 0.15) is 11.6 Å². The summed E-state index contributed by atoms with van der Waals surface area (Å²) in [6.07, 6.45) is 2.91. The lowest BCUT2D eigenvalue weighted by Crippen LogP contribution is -2.40. The smallest absolute Gasteiger partial charge is 0.323 e. The van der Waals surface area contributed by atoms with E-state index < -0.39 is 5.60 Å². The van der Waals surface area contributed by atoms with E-state index in [4.69, 9.17) is 4.74 Å². The Balaban J connectivity index is 1.98. The van der Waals surface area contributed by atoms with E-state index in [-0.39, 0.29) is 12.0 Å². The van der Waals surface area contributed by atoms with Gasteiger partial charge in [0, 0.05) is 11.9 Å². The molecule has 0 saturated carbocycles. The Morgan fingerprint density at radius 2 is 2.30 bits per heavy atom. The van der Waals surface area contributed by atoms with Crippen LogP contribution in [0.2, 0.25) is 0 Å². The van der Waals surface area contributed by atoms with Crippen molar-refractivity contribution in [3.05, 3.63) is 16.1 Å². The predicted molar refractivity (Wildman–Crippen MR) is 80.8 cm³/mol. The van der Waals surface area contributed by atoms with Crippen LogP contribution in [0.1, 0.15) is 51.2 Å². The van der Waals surface area contributed by atoms with Crippen LogP contribution < -0.4 is 0 Å². The van der Waals surface area contributed by atoms with Crippen molar-refractivity contribution in [1.82, 2.24) is 9.88 Å². The maximum Gasteiger partial charge on any atom is 0.323 e. The van der Waals surface area contributed by atoms with Gasteiger partial charge in [-0.3, -0.25) is 9.69 Å². The molecule has 112 valence electrons. The zero-order valence-corrected chi connectivity index (χ0v) is 13.6. The Hall–Kier alpha value is -0.940. The largest absolute Gasteiger partial charge is 0.459 e. The topological polar surface area (TPSA) is 42.4 Å². The highest BCUT2D eigenvalue weighted by molar-refractivity contribution is 7.09. The summed E-state index contributed by atoms with van der Waals surface area (Å²) in [5.41, 5.74) is 0.656. The molecule has 0 unspecified atom stereocenters. The van der Waals surface area contributed by atoms with Crippen LogP contribution in [-0.2, 0) is 22.5 Å². The molecule has 0 N–H and O–H groups in total. The van der Waals surface area contributed by atoms with Crippen LogP contribution in [0.4, 0.5) is 0 Å². The van der Waals surface area contributed by atoms with Gasteiger partial charge in [0.25, 0.3) is 0 Å². The number of carbonyl (C=O) groups excluding carboxylic acids is 1. The van der Waals surface area contributed by atoms with Crippen molar-refractivity contribution < 1.29 is 9.53 Å². The zero-order valence-electron chi connectivity index (χ0n) is 12.8. The first-order chi connectivity index (χ1) is 9.39. The Bertz CT molecular complexity index is 465. The summed E-state index contributed by atoms with van der Waals surface area (Å²) in [4.78, 5) is 19.0. The first-order valence-electron chi connectivity index (χ1n) is 7.29. The zero-order chi connectivity index (χ0) is 14.8. The first kappa shape index (κ1) is 15.4. The van der Waals surface area contributed by atoms with Crippen LogP contribution >= 0.6 is 11.3 Å². The number of rotatable bonds is 4. The molecule has 1 saturated heterocycles. The van der Waals surface area contributed by atoms with Gasteiger partial charge >= 0.3 is 5.97 Å². The molecule has 4 nitrogen and oxygen atoms in total.